The van der Waals surface area contributed by atoms with E-state index in [-0.39, 0.29) is 5.97 Å². The number of nitrogens with two attached hydrogens (primary N) is 1. The van der Waals surface area contributed by atoms with Crippen LogP contribution in [0.3, 0.4) is 0 Å². The molecule has 0 rings (SSSR count). The van der Waals surface area contributed by atoms with Gasteiger partial charge in [-0.15, -0.1) is 0 Å². The molecule has 0 aromatic carbocycles. The van der Waals surface area contributed by atoms with Crippen LogP contribution in [0.15, 0.2) is 0 Å². The van der Waals surface area contributed by atoms with E-state index >= 15 is 0 Å². The van der Waals surface area contributed by atoms with E-state index in [1.165, 1.54) is 7.11 Å². The van der Waals surface area contributed by atoms with Crippen molar-refractivity contribution in [3.05, 3.63) is 0 Å². The fraction of sp³-hybridized carbons (Fsp3) is 0.800. The topological polar surface area (TPSA) is 52.3 Å². The first-order valence-electron chi connectivity index (χ1n) is 2.64. The van der Waals surface area contributed by atoms with Crippen LogP contribution in [-0.2, 0) is 9.53 Å². The summed E-state index contributed by atoms with van der Waals surface area (Å²) in [5.74, 6) is -0.342. The normalized spacial score (nSPS) is 12.8. The zero-order chi connectivity index (χ0) is 7.28. The maximum absolute atomic E-state index is 10.5. The van der Waals surface area contributed by atoms with Gasteiger partial charge in [-0.25, -0.2) is 0 Å². The van der Waals surface area contributed by atoms with Gasteiger partial charge >= 0.3 is 62.1 Å². The Morgan fingerprint density at radius 2 is 2.44 bits per heavy atom. The van der Waals surface area contributed by atoms with E-state index < -0.39 is 6.04 Å². The fourth-order valence-electron chi connectivity index (χ4n) is 0.396. The quantitative estimate of drug-likeness (QED) is 0.486. The van der Waals surface area contributed by atoms with Crippen molar-refractivity contribution in [1.82, 2.24) is 0 Å². The molecule has 1 atom stereocenters. The monoisotopic (exact) mass is 196 g/mol. The number of ether oxygens (including phenoxy) is 1. The van der Waals surface area contributed by atoms with Crippen molar-refractivity contribution in [1.29, 1.82) is 0 Å². The van der Waals surface area contributed by atoms with E-state index in [9.17, 15) is 4.79 Å². The SMILES string of the molecule is COC(=O)[C@@H](N)CC[Se]. The molecule has 0 spiro atoms. The van der Waals surface area contributed by atoms with E-state index in [0.29, 0.717) is 6.42 Å². The third-order valence-corrected chi connectivity index (χ3v) is 1.43. The van der Waals surface area contributed by atoms with Gasteiger partial charge in [-0.05, 0) is 0 Å². The summed E-state index contributed by atoms with van der Waals surface area (Å²) in [5, 5.41) is 0.788. The number of rotatable bonds is 3. The molecule has 0 bridgehead atoms. The van der Waals surface area contributed by atoms with Crippen LogP contribution in [0.1, 0.15) is 6.42 Å². The molecular formula is C5H10NO2Se. The first-order chi connectivity index (χ1) is 4.22. The van der Waals surface area contributed by atoms with Crippen LogP contribution in [0.25, 0.3) is 0 Å². The van der Waals surface area contributed by atoms with Gasteiger partial charge in [0, 0.05) is 0 Å². The first kappa shape index (κ1) is 8.95. The van der Waals surface area contributed by atoms with Crippen molar-refractivity contribution >= 4 is 22.0 Å². The van der Waals surface area contributed by atoms with Crippen LogP contribution in [0.2, 0.25) is 5.32 Å². The predicted molar refractivity (Wildman–Crippen MR) is 35.2 cm³/mol. The molecule has 3 nitrogen and oxygen atoms in total. The number of carbonyl (C=O) groups excluding carboxylic acids is 1. The van der Waals surface area contributed by atoms with Crippen LogP contribution < -0.4 is 5.73 Å². The number of hydrogen-bond donors (Lipinski definition) is 1. The van der Waals surface area contributed by atoms with Gasteiger partial charge in [-0.3, -0.25) is 0 Å². The zero-order valence-corrected chi connectivity index (χ0v) is 7.01. The summed E-state index contributed by atoms with van der Waals surface area (Å²) in [6.45, 7) is 0. The van der Waals surface area contributed by atoms with Crippen LogP contribution >= 0.6 is 0 Å². The van der Waals surface area contributed by atoms with Gasteiger partial charge in [0.05, 0.1) is 0 Å². The van der Waals surface area contributed by atoms with Gasteiger partial charge in [0.1, 0.15) is 0 Å². The molecule has 0 aliphatic rings. The minimum atomic E-state index is -0.462. The molecule has 0 aromatic rings. The van der Waals surface area contributed by atoms with Crippen LogP contribution in [0.5, 0.6) is 0 Å². The summed E-state index contributed by atoms with van der Waals surface area (Å²) in [6, 6.07) is -0.462. The van der Waals surface area contributed by atoms with Gasteiger partial charge in [0.25, 0.3) is 0 Å². The van der Waals surface area contributed by atoms with Crippen molar-refractivity contribution < 1.29 is 9.53 Å². The summed E-state index contributed by atoms with van der Waals surface area (Å²) in [4.78, 5) is 10.5. The molecule has 0 heterocycles. The predicted octanol–water partition coefficient (Wildman–Crippen LogP) is -0.536. The molecule has 9 heavy (non-hydrogen) atoms. The summed E-state index contributed by atoms with van der Waals surface area (Å²) in [6.07, 6.45) is 0.646. The zero-order valence-electron chi connectivity index (χ0n) is 5.29. The summed E-state index contributed by atoms with van der Waals surface area (Å²) < 4.78 is 4.39. The number of esters is 1. The van der Waals surface area contributed by atoms with Crippen molar-refractivity contribution in [2.75, 3.05) is 7.11 Å². The first-order valence-corrected chi connectivity index (χ1v) is 3.85. The average molecular weight is 195 g/mol. The summed E-state index contributed by atoms with van der Waals surface area (Å²) >= 11 is 2.76. The molecule has 0 amide bonds. The van der Waals surface area contributed by atoms with Crippen LogP contribution in [-0.4, -0.2) is 35.1 Å². The molecule has 0 unspecified atom stereocenters. The second-order valence-electron chi connectivity index (χ2n) is 1.62. The van der Waals surface area contributed by atoms with Crippen LogP contribution in [0, 0.1) is 0 Å². The molecule has 0 fully saturated rings. The van der Waals surface area contributed by atoms with E-state index in [0.717, 1.165) is 5.32 Å². The van der Waals surface area contributed by atoms with Gasteiger partial charge < -0.3 is 0 Å². The Morgan fingerprint density at radius 1 is 1.89 bits per heavy atom. The minimum absolute atomic E-state index is 0.342. The second-order valence-corrected chi connectivity index (χ2v) is 2.48. The van der Waals surface area contributed by atoms with E-state index in [2.05, 4.69) is 20.7 Å². The summed E-state index contributed by atoms with van der Waals surface area (Å²) in [5.41, 5.74) is 5.34. The molecule has 0 aliphatic heterocycles. The third-order valence-electron chi connectivity index (χ3n) is 0.933. The van der Waals surface area contributed by atoms with Gasteiger partial charge in [-0.1, -0.05) is 0 Å². The average Bonchev–Trinajstić information content (AvgIpc) is 1.87. The molecule has 0 aromatic heterocycles. The maximum atomic E-state index is 10.5. The van der Waals surface area contributed by atoms with Crippen molar-refractivity contribution in [3.63, 3.8) is 0 Å². The third kappa shape index (κ3) is 3.51. The standard InChI is InChI=1S/C5H10NO2Se/c1-8-5(7)4(6)2-3-9/h4H,2-3,6H2,1H3/t4-/m0/s1. The molecule has 53 valence electrons. The van der Waals surface area contributed by atoms with E-state index in [4.69, 9.17) is 5.73 Å². The molecule has 2 N–H and O–H groups in total. The van der Waals surface area contributed by atoms with E-state index in [1.807, 2.05) is 0 Å². The Labute approximate surface area is 62.7 Å². The second kappa shape index (κ2) is 4.79. The van der Waals surface area contributed by atoms with E-state index in [1.54, 1.807) is 0 Å². The fourth-order valence-corrected chi connectivity index (χ4v) is 0.929. The Hall–Kier alpha value is -0.0505. The van der Waals surface area contributed by atoms with Crippen molar-refractivity contribution in [3.8, 4) is 0 Å². The Morgan fingerprint density at radius 3 is 2.78 bits per heavy atom. The molecule has 0 saturated heterocycles. The van der Waals surface area contributed by atoms with Crippen molar-refractivity contribution in [2.24, 2.45) is 5.73 Å². The van der Waals surface area contributed by atoms with Gasteiger partial charge in [-0.2, -0.15) is 0 Å². The molecular weight excluding hydrogens is 185 g/mol. The van der Waals surface area contributed by atoms with Crippen molar-refractivity contribution in [2.45, 2.75) is 17.8 Å². The molecule has 0 saturated carbocycles. The Bertz CT molecular complexity index is 97.0. The Balaban J connectivity index is 3.45. The number of methoxy groups -OCH3 is 1. The number of hydrogen-bond acceptors (Lipinski definition) is 3. The van der Waals surface area contributed by atoms with Crippen LogP contribution in [0.4, 0.5) is 0 Å². The number of carbonyl (C=O) groups is 1. The molecule has 0 aliphatic carbocycles. The van der Waals surface area contributed by atoms with Gasteiger partial charge in [0.2, 0.25) is 0 Å². The molecule has 1 radical (unpaired) electrons. The van der Waals surface area contributed by atoms with Gasteiger partial charge in [0.15, 0.2) is 0 Å². The molecule has 4 heteroatoms. The summed E-state index contributed by atoms with van der Waals surface area (Å²) in [7, 11) is 1.33. The Kier molecular flexibility index (Phi) is 4.77.